The van der Waals surface area contributed by atoms with E-state index in [9.17, 15) is 9.90 Å². The van der Waals surface area contributed by atoms with Crippen molar-refractivity contribution in [2.75, 3.05) is 26.9 Å². The first-order chi connectivity index (χ1) is 17.0. The van der Waals surface area contributed by atoms with Crippen LogP contribution in [0.1, 0.15) is 71.4 Å². The summed E-state index contributed by atoms with van der Waals surface area (Å²) in [6, 6.07) is 11.3. The fourth-order valence-electron chi connectivity index (χ4n) is 4.87. The van der Waals surface area contributed by atoms with Gasteiger partial charge < -0.3 is 19.5 Å². The van der Waals surface area contributed by atoms with Gasteiger partial charge in [-0.05, 0) is 55.2 Å². The second kappa shape index (κ2) is 11.0. The minimum Gasteiger partial charge on any atom is -0.507 e. The summed E-state index contributed by atoms with van der Waals surface area (Å²) in [5, 5.41) is 18.2. The van der Waals surface area contributed by atoms with Crippen LogP contribution in [0.2, 0.25) is 0 Å². The molecule has 1 amide bonds. The minimum atomic E-state index is -0.347. The van der Waals surface area contributed by atoms with Crippen molar-refractivity contribution in [3.05, 3.63) is 64.3 Å². The van der Waals surface area contributed by atoms with Gasteiger partial charge in [0.1, 0.15) is 22.9 Å². The van der Waals surface area contributed by atoms with Crippen LogP contribution in [0.4, 0.5) is 0 Å². The number of benzene rings is 2. The summed E-state index contributed by atoms with van der Waals surface area (Å²) >= 11 is 0. The molecule has 7 heteroatoms. The quantitative estimate of drug-likeness (QED) is 0.354. The molecule has 2 N–H and O–H groups in total. The van der Waals surface area contributed by atoms with Gasteiger partial charge in [0.05, 0.1) is 19.3 Å². The van der Waals surface area contributed by atoms with E-state index in [0.29, 0.717) is 36.7 Å². The molecule has 1 atom stereocenters. The van der Waals surface area contributed by atoms with Gasteiger partial charge in [0.2, 0.25) is 0 Å². The summed E-state index contributed by atoms with van der Waals surface area (Å²) in [4.78, 5) is 15.2. The second-order valence-electron chi connectivity index (χ2n) is 9.21. The average molecular weight is 478 g/mol. The number of aromatic nitrogens is 2. The maximum Gasteiger partial charge on any atom is 0.273 e. The maximum atomic E-state index is 13.4. The van der Waals surface area contributed by atoms with Crippen molar-refractivity contribution in [2.45, 2.75) is 52.5 Å². The van der Waals surface area contributed by atoms with Crippen LogP contribution in [0.3, 0.4) is 0 Å². The van der Waals surface area contributed by atoms with Gasteiger partial charge in [-0.1, -0.05) is 44.4 Å². The minimum absolute atomic E-state index is 0.124. The summed E-state index contributed by atoms with van der Waals surface area (Å²) in [6.07, 6.45) is 4.64. The Morgan fingerprint density at radius 2 is 1.86 bits per heavy atom. The van der Waals surface area contributed by atoms with E-state index in [4.69, 9.17) is 9.47 Å². The van der Waals surface area contributed by atoms with Crippen molar-refractivity contribution in [1.82, 2.24) is 15.1 Å². The molecule has 1 unspecified atom stereocenters. The van der Waals surface area contributed by atoms with E-state index in [1.807, 2.05) is 44.2 Å². The van der Waals surface area contributed by atoms with Gasteiger partial charge in [0, 0.05) is 24.8 Å². The SMILES string of the molecule is CCCCCCOc1ccc(C2c3c(-c4c(C)cc(C)cc4O)n[nH]c3C(=O)N2CCOC)cc1. The van der Waals surface area contributed by atoms with Gasteiger partial charge in [-0.3, -0.25) is 9.89 Å². The zero-order chi connectivity index (χ0) is 24.9. The molecule has 35 heavy (non-hydrogen) atoms. The van der Waals surface area contributed by atoms with E-state index in [1.54, 1.807) is 18.1 Å². The van der Waals surface area contributed by atoms with E-state index >= 15 is 0 Å². The molecular formula is C28H35N3O4. The number of amides is 1. The van der Waals surface area contributed by atoms with Crippen molar-refractivity contribution >= 4 is 5.91 Å². The molecule has 0 saturated carbocycles. The number of aromatic hydroxyl groups is 1. The number of nitrogens with zero attached hydrogens (tertiary/aromatic N) is 2. The molecule has 1 aliphatic heterocycles. The fraction of sp³-hybridized carbons (Fsp3) is 0.429. The Labute approximate surface area is 207 Å². The van der Waals surface area contributed by atoms with Gasteiger partial charge >= 0.3 is 0 Å². The van der Waals surface area contributed by atoms with E-state index in [1.165, 1.54) is 19.3 Å². The second-order valence-corrected chi connectivity index (χ2v) is 9.21. The number of fused-ring (bicyclic) bond motifs is 1. The van der Waals surface area contributed by atoms with Crippen LogP contribution < -0.4 is 4.74 Å². The first kappa shape index (κ1) is 24.8. The first-order valence-corrected chi connectivity index (χ1v) is 12.4. The molecule has 186 valence electrons. The van der Waals surface area contributed by atoms with Crippen LogP contribution in [0, 0.1) is 13.8 Å². The molecule has 0 radical (unpaired) electrons. The number of methoxy groups -OCH3 is 1. The summed E-state index contributed by atoms with van der Waals surface area (Å²) in [6.45, 7) is 7.65. The molecule has 4 rings (SSSR count). The molecule has 0 saturated heterocycles. The van der Waals surface area contributed by atoms with Gasteiger partial charge in [-0.15, -0.1) is 0 Å². The third-order valence-electron chi connectivity index (χ3n) is 6.56. The lowest BCUT2D eigenvalue weighted by molar-refractivity contribution is 0.0677. The Hall–Kier alpha value is -3.32. The summed E-state index contributed by atoms with van der Waals surface area (Å²) in [7, 11) is 1.63. The number of carbonyl (C=O) groups is 1. The van der Waals surface area contributed by atoms with Crippen molar-refractivity contribution in [2.24, 2.45) is 0 Å². The van der Waals surface area contributed by atoms with Crippen LogP contribution in [0.5, 0.6) is 11.5 Å². The Morgan fingerprint density at radius 3 is 2.54 bits per heavy atom. The topological polar surface area (TPSA) is 87.7 Å². The molecule has 0 fully saturated rings. The van der Waals surface area contributed by atoms with Gasteiger partial charge in [0.15, 0.2) is 0 Å². The molecular weight excluding hydrogens is 442 g/mol. The lowest BCUT2D eigenvalue weighted by Crippen LogP contribution is -2.32. The Balaban J connectivity index is 1.69. The average Bonchev–Trinajstić information content (AvgIpc) is 3.36. The molecule has 1 aromatic heterocycles. The molecule has 0 bridgehead atoms. The highest BCUT2D eigenvalue weighted by atomic mass is 16.5. The highest BCUT2D eigenvalue weighted by Crippen LogP contribution is 2.45. The number of carbonyl (C=O) groups excluding carboxylic acids is 1. The number of rotatable bonds is 11. The Kier molecular flexibility index (Phi) is 7.76. The molecule has 1 aliphatic rings. The lowest BCUT2D eigenvalue weighted by Gasteiger charge is -2.26. The molecule has 2 heterocycles. The third kappa shape index (κ3) is 5.05. The van der Waals surface area contributed by atoms with E-state index in [2.05, 4.69) is 17.1 Å². The first-order valence-electron chi connectivity index (χ1n) is 12.4. The Bertz CT molecular complexity index is 1150. The number of aryl methyl sites for hydroxylation is 2. The van der Waals surface area contributed by atoms with Crippen LogP contribution >= 0.6 is 0 Å². The van der Waals surface area contributed by atoms with Crippen molar-refractivity contribution in [1.29, 1.82) is 0 Å². The van der Waals surface area contributed by atoms with Crippen LogP contribution in [-0.4, -0.2) is 53.0 Å². The van der Waals surface area contributed by atoms with Gasteiger partial charge in [0.25, 0.3) is 5.91 Å². The number of nitrogens with one attached hydrogen (secondary N) is 1. The summed E-state index contributed by atoms with van der Waals surface area (Å²) < 4.78 is 11.2. The number of aromatic amines is 1. The smallest absolute Gasteiger partial charge is 0.273 e. The zero-order valence-corrected chi connectivity index (χ0v) is 21.1. The predicted octanol–water partition coefficient (Wildman–Crippen LogP) is 5.55. The van der Waals surface area contributed by atoms with Crippen molar-refractivity contribution < 1.29 is 19.4 Å². The number of H-pyrrole nitrogens is 1. The summed E-state index contributed by atoms with van der Waals surface area (Å²) in [5.41, 5.74) is 5.31. The van der Waals surface area contributed by atoms with Crippen molar-refractivity contribution in [3.8, 4) is 22.8 Å². The van der Waals surface area contributed by atoms with Crippen LogP contribution in [0.25, 0.3) is 11.3 Å². The van der Waals surface area contributed by atoms with E-state index < -0.39 is 0 Å². The molecule has 2 aromatic carbocycles. The summed E-state index contributed by atoms with van der Waals surface area (Å²) in [5.74, 6) is 0.851. The highest BCUT2D eigenvalue weighted by Gasteiger charge is 2.42. The van der Waals surface area contributed by atoms with Gasteiger partial charge in [-0.2, -0.15) is 5.10 Å². The Morgan fingerprint density at radius 1 is 1.09 bits per heavy atom. The number of phenolic OH excluding ortho intramolecular Hbond substituents is 1. The standard InChI is InChI=1S/C28H35N3O4/c1-5-6-7-8-14-35-21-11-9-20(10-12-21)27-24-25(23-19(3)16-18(2)17-22(23)32)29-30-26(24)28(33)31(27)13-15-34-4/h9-12,16-17,27,32H,5-8,13-15H2,1-4H3,(H,29,30). The molecule has 7 nitrogen and oxygen atoms in total. The number of unbranched alkanes of at least 4 members (excludes halogenated alkanes) is 3. The number of phenols is 1. The third-order valence-corrected chi connectivity index (χ3v) is 6.56. The van der Waals surface area contributed by atoms with Gasteiger partial charge in [-0.25, -0.2) is 0 Å². The molecule has 0 spiro atoms. The molecule has 0 aliphatic carbocycles. The van der Waals surface area contributed by atoms with Crippen molar-refractivity contribution in [3.63, 3.8) is 0 Å². The number of hydrogen-bond donors (Lipinski definition) is 2. The van der Waals surface area contributed by atoms with E-state index in [0.717, 1.165) is 34.4 Å². The van der Waals surface area contributed by atoms with E-state index in [-0.39, 0.29) is 17.7 Å². The van der Waals surface area contributed by atoms with Crippen LogP contribution in [-0.2, 0) is 4.74 Å². The van der Waals surface area contributed by atoms with Crippen LogP contribution in [0.15, 0.2) is 36.4 Å². The zero-order valence-electron chi connectivity index (χ0n) is 21.1. The number of hydrogen-bond acceptors (Lipinski definition) is 5. The maximum absolute atomic E-state index is 13.4. The fourth-order valence-corrected chi connectivity index (χ4v) is 4.87. The predicted molar refractivity (Wildman–Crippen MR) is 136 cm³/mol. The lowest BCUT2D eigenvalue weighted by atomic mass is 9.93. The normalized spacial score (nSPS) is 15.0. The molecule has 3 aromatic rings. The monoisotopic (exact) mass is 477 g/mol. The number of ether oxygens (including phenoxy) is 2. The highest BCUT2D eigenvalue weighted by molar-refractivity contribution is 6.00. The largest absolute Gasteiger partial charge is 0.507 e.